The molecule has 5 N–H and O–H groups in total. The molecule has 27 heavy (non-hydrogen) atoms. The van der Waals surface area contributed by atoms with Crippen molar-refractivity contribution in [3.63, 3.8) is 0 Å². The summed E-state index contributed by atoms with van der Waals surface area (Å²) in [6, 6.07) is 0.681. The van der Waals surface area contributed by atoms with Crippen LogP contribution in [0.5, 0.6) is 0 Å². The van der Waals surface area contributed by atoms with E-state index in [0.29, 0.717) is 31.6 Å². The molecule has 0 spiro atoms. The summed E-state index contributed by atoms with van der Waals surface area (Å²) < 4.78 is 14.5. The third-order valence-electron chi connectivity index (χ3n) is 4.99. The summed E-state index contributed by atoms with van der Waals surface area (Å²) in [5.41, 5.74) is -0.925. The molecule has 148 valence electrons. The van der Waals surface area contributed by atoms with Gasteiger partial charge in [0, 0.05) is 19.2 Å². The predicted octanol–water partition coefficient (Wildman–Crippen LogP) is 0.0356. The highest BCUT2D eigenvalue weighted by atomic mass is 19.1. The highest BCUT2D eigenvalue weighted by Crippen LogP contribution is 2.30. The van der Waals surface area contributed by atoms with Crippen LogP contribution in [-0.2, 0) is 9.59 Å². The van der Waals surface area contributed by atoms with E-state index in [1.165, 1.54) is 12.3 Å². The molecule has 2 aliphatic heterocycles. The number of rotatable bonds is 5. The average Bonchev–Trinajstić information content (AvgIpc) is 2.58. The molecule has 2 atom stereocenters. The Bertz CT molecular complexity index is 723. The highest BCUT2D eigenvalue weighted by molar-refractivity contribution is 5.85. The molecule has 10 heteroatoms. The van der Waals surface area contributed by atoms with Gasteiger partial charge in [0.15, 0.2) is 11.6 Å². The normalized spacial score (nSPS) is 25.0. The Labute approximate surface area is 155 Å². The first-order valence-electron chi connectivity index (χ1n) is 8.85. The summed E-state index contributed by atoms with van der Waals surface area (Å²) in [7, 11) is 0. The number of carbonyl (C=O) groups excluding carboxylic acids is 1. The van der Waals surface area contributed by atoms with E-state index >= 15 is 0 Å². The number of aliphatic hydroxyl groups is 2. The SMILES string of the molecule is O=C(O)CC1(O)CCN(c2ncc(NC3CCC(O)NC3=O)cc2F)CC1. The lowest BCUT2D eigenvalue weighted by molar-refractivity contribution is -0.143. The van der Waals surface area contributed by atoms with Gasteiger partial charge in [-0.15, -0.1) is 0 Å². The minimum absolute atomic E-state index is 0.126. The molecule has 2 aliphatic rings. The molecule has 0 radical (unpaired) electrons. The number of piperidine rings is 2. The number of halogens is 1. The molecule has 2 saturated heterocycles. The van der Waals surface area contributed by atoms with Crippen LogP contribution in [0.3, 0.4) is 0 Å². The van der Waals surface area contributed by atoms with Crippen molar-refractivity contribution in [3.05, 3.63) is 18.1 Å². The van der Waals surface area contributed by atoms with Crippen molar-refractivity contribution in [2.75, 3.05) is 23.3 Å². The number of carboxylic acid groups (broad SMARTS) is 1. The Morgan fingerprint density at radius 3 is 2.70 bits per heavy atom. The minimum atomic E-state index is -1.28. The number of anilines is 2. The van der Waals surface area contributed by atoms with E-state index in [-0.39, 0.29) is 31.0 Å². The van der Waals surface area contributed by atoms with E-state index in [0.717, 1.165) is 0 Å². The fraction of sp³-hybridized carbons (Fsp3) is 0.588. The summed E-state index contributed by atoms with van der Waals surface area (Å²) >= 11 is 0. The number of nitrogens with zero attached hydrogens (tertiary/aromatic N) is 2. The quantitative estimate of drug-likeness (QED) is 0.482. The van der Waals surface area contributed by atoms with Gasteiger partial charge in [0.1, 0.15) is 12.3 Å². The minimum Gasteiger partial charge on any atom is -0.481 e. The van der Waals surface area contributed by atoms with Crippen molar-refractivity contribution in [1.29, 1.82) is 0 Å². The maximum absolute atomic E-state index is 14.5. The van der Waals surface area contributed by atoms with Crippen molar-refractivity contribution < 1.29 is 29.3 Å². The smallest absolute Gasteiger partial charge is 0.306 e. The Hall–Kier alpha value is -2.46. The van der Waals surface area contributed by atoms with Gasteiger partial charge < -0.3 is 30.9 Å². The molecule has 3 heterocycles. The monoisotopic (exact) mass is 382 g/mol. The predicted molar refractivity (Wildman–Crippen MR) is 93.6 cm³/mol. The van der Waals surface area contributed by atoms with Gasteiger partial charge in [-0.05, 0) is 25.7 Å². The average molecular weight is 382 g/mol. The van der Waals surface area contributed by atoms with Gasteiger partial charge >= 0.3 is 5.97 Å². The van der Waals surface area contributed by atoms with Crippen LogP contribution in [0.15, 0.2) is 12.3 Å². The van der Waals surface area contributed by atoms with Crippen LogP contribution < -0.4 is 15.5 Å². The molecule has 2 unspecified atom stereocenters. The maximum Gasteiger partial charge on any atom is 0.306 e. The number of aliphatic hydroxyl groups excluding tert-OH is 1. The van der Waals surface area contributed by atoms with Crippen molar-refractivity contribution >= 4 is 23.4 Å². The summed E-state index contributed by atoms with van der Waals surface area (Å²) in [6.07, 6.45) is 1.49. The van der Waals surface area contributed by atoms with Crippen LogP contribution in [0, 0.1) is 5.82 Å². The zero-order chi connectivity index (χ0) is 19.6. The van der Waals surface area contributed by atoms with E-state index in [1.54, 1.807) is 4.90 Å². The van der Waals surface area contributed by atoms with E-state index in [9.17, 15) is 24.2 Å². The van der Waals surface area contributed by atoms with Crippen LogP contribution in [0.2, 0.25) is 0 Å². The van der Waals surface area contributed by atoms with Gasteiger partial charge in [-0.25, -0.2) is 9.37 Å². The van der Waals surface area contributed by atoms with Crippen LogP contribution in [0.4, 0.5) is 15.9 Å². The van der Waals surface area contributed by atoms with E-state index in [1.807, 2.05) is 0 Å². The molecule has 0 aliphatic carbocycles. The molecule has 2 fully saturated rings. The molecule has 3 rings (SSSR count). The molecule has 0 aromatic carbocycles. The maximum atomic E-state index is 14.5. The highest BCUT2D eigenvalue weighted by Gasteiger charge is 2.35. The van der Waals surface area contributed by atoms with Crippen molar-refractivity contribution in [2.24, 2.45) is 0 Å². The fourth-order valence-electron chi connectivity index (χ4n) is 3.47. The largest absolute Gasteiger partial charge is 0.481 e. The summed E-state index contributed by atoms with van der Waals surface area (Å²) in [5, 5.41) is 33.8. The van der Waals surface area contributed by atoms with E-state index in [2.05, 4.69) is 15.6 Å². The van der Waals surface area contributed by atoms with Crippen LogP contribution in [0.1, 0.15) is 32.1 Å². The molecule has 0 saturated carbocycles. The standard InChI is InChI=1S/C17H23FN4O5/c18-11-7-10(20-12-1-2-13(23)21-16(12)26)9-19-15(11)22-5-3-17(27,4-6-22)8-14(24)25/h7,9,12-13,20,23,27H,1-6,8H2,(H,21,26)(H,24,25). The summed E-state index contributed by atoms with van der Waals surface area (Å²) in [5.74, 6) is -1.86. The molecular formula is C17H23FN4O5. The number of amides is 1. The van der Waals surface area contributed by atoms with Gasteiger partial charge in [0.2, 0.25) is 5.91 Å². The van der Waals surface area contributed by atoms with Gasteiger partial charge in [-0.2, -0.15) is 0 Å². The number of hydrogen-bond acceptors (Lipinski definition) is 7. The number of aromatic nitrogens is 1. The van der Waals surface area contributed by atoms with E-state index in [4.69, 9.17) is 5.11 Å². The lowest BCUT2D eigenvalue weighted by Crippen LogP contribution is -2.49. The lowest BCUT2D eigenvalue weighted by Gasteiger charge is -2.38. The summed E-state index contributed by atoms with van der Waals surface area (Å²) in [4.78, 5) is 28.4. The Morgan fingerprint density at radius 1 is 1.41 bits per heavy atom. The van der Waals surface area contributed by atoms with Crippen molar-refractivity contribution in [2.45, 2.75) is 50.0 Å². The third-order valence-corrected chi connectivity index (χ3v) is 4.99. The van der Waals surface area contributed by atoms with Crippen LogP contribution >= 0.6 is 0 Å². The van der Waals surface area contributed by atoms with Gasteiger partial charge in [-0.1, -0.05) is 0 Å². The van der Waals surface area contributed by atoms with Gasteiger partial charge in [0.25, 0.3) is 0 Å². The number of pyridine rings is 1. The molecule has 1 amide bonds. The molecule has 1 aromatic rings. The first-order chi connectivity index (χ1) is 12.8. The third kappa shape index (κ3) is 4.64. The first kappa shape index (κ1) is 19.3. The Kier molecular flexibility index (Phi) is 5.47. The van der Waals surface area contributed by atoms with E-state index < -0.39 is 29.7 Å². The fourth-order valence-corrected chi connectivity index (χ4v) is 3.47. The van der Waals surface area contributed by atoms with Gasteiger partial charge in [-0.3, -0.25) is 9.59 Å². The second-order valence-corrected chi connectivity index (χ2v) is 7.11. The zero-order valence-corrected chi connectivity index (χ0v) is 14.7. The Balaban J connectivity index is 1.62. The topological polar surface area (TPSA) is 135 Å². The number of hydrogen-bond donors (Lipinski definition) is 5. The number of carboxylic acids is 1. The van der Waals surface area contributed by atoms with Crippen molar-refractivity contribution in [1.82, 2.24) is 10.3 Å². The zero-order valence-electron chi connectivity index (χ0n) is 14.7. The second kappa shape index (κ2) is 7.65. The lowest BCUT2D eigenvalue weighted by atomic mass is 9.88. The van der Waals surface area contributed by atoms with Gasteiger partial charge in [0.05, 0.1) is 23.9 Å². The summed E-state index contributed by atoms with van der Waals surface area (Å²) in [6.45, 7) is 0.590. The van der Waals surface area contributed by atoms with Crippen LogP contribution in [0.25, 0.3) is 0 Å². The molecular weight excluding hydrogens is 359 g/mol. The van der Waals surface area contributed by atoms with Crippen molar-refractivity contribution in [3.8, 4) is 0 Å². The Morgan fingerprint density at radius 2 is 2.11 bits per heavy atom. The second-order valence-electron chi connectivity index (χ2n) is 7.11. The molecule has 1 aromatic heterocycles. The molecule has 0 bridgehead atoms. The van der Waals surface area contributed by atoms with Crippen LogP contribution in [-0.4, -0.2) is 63.1 Å². The number of aliphatic carboxylic acids is 1. The first-order valence-corrected chi connectivity index (χ1v) is 8.85. The number of nitrogens with one attached hydrogen (secondary N) is 2. The number of carbonyl (C=O) groups is 2. The molecule has 9 nitrogen and oxygen atoms in total.